The molecule has 0 aromatic carbocycles. The summed E-state index contributed by atoms with van der Waals surface area (Å²) in [7, 11) is 8.64. The zero-order valence-corrected chi connectivity index (χ0v) is 28.8. The molecular weight excluding hydrogens is 563 g/mol. The van der Waals surface area contributed by atoms with Gasteiger partial charge in [-0.1, -0.05) is 78.3 Å². The molecule has 0 spiro atoms. The van der Waals surface area contributed by atoms with Crippen molar-refractivity contribution in [3.63, 3.8) is 0 Å². The molecule has 0 aromatic rings. The van der Waals surface area contributed by atoms with Crippen molar-refractivity contribution in [2.75, 3.05) is 0 Å². The van der Waals surface area contributed by atoms with E-state index in [0.29, 0.717) is 0 Å². The third-order valence-corrected chi connectivity index (χ3v) is 18.0. The zero-order chi connectivity index (χ0) is 23.3. The predicted molar refractivity (Wildman–Crippen MR) is 156 cm³/mol. The van der Waals surface area contributed by atoms with E-state index in [4.69, 9.17) is 17.0 Å². The van der Waals surface area contributed by atoms with E-state index in [1.165, 1.54) is 11.1 Å². The third-order valence-electron chi connectivity index (χ3n) is 12.8. The van der Waals surface area contributed by atoms with Crippen molar-refractivity contribution >= 4 is 25.1 Å². The van der Waals surface area contributed by atoms with Gasteiger partial charge in [0.15, 0.2) is 0 Å². The number of halogens is 2. The Hall–Kier alpha value is 1.68. The van der Waals surface area contributed by atoms with Crippen LogP contribution in [0.3, 0.4) is 0 Å². The summed E-state index contributed by atoms with van der Waals surface area (Å²) >= 11 is -0.826. The van der Waals surface area contributed by atoms with Gasteiger partial charge in [0.1, 0.15) is 0 Å². The molecule has 0 heterocycles. The second-order valence-electron chi connectivity index (χ2n) is 14.4. The molecule has 4 heteroatoms. The van der Waals surface area contributed by atoms with E-state index in [-0.39, 0.29) is 14.9 Å². The van der Waals surface area contributed by atoms with Gasteiger partial charge in [0, 0.05) is 0 Å². The normalized spacial score (nSPS) is 45.6. The fraction of sp³-hybridized carbons (Fsp3) is 0.935. The molecule has 6 saturated carbocycles. The molecule has 35 heavy (non-hydrogen) atoms. The van der Waals surface area contributed by atoms with Crippen molar-refractivity contribution in [1.29, 1.82) is 0 Å². The number of hydrogen-bond donors (Lipinski definition) is 0. The topological polar surface area (TPSA) is 0 Å². The van der Waals surface area contributed by atoms with Crippen LogP contribution in [0.1, 0.15) is 97.3 Å². The van der Waals surface area contributed by atoms with Crippen molar-refractivity contribution in [2.45, 2.75) is 121 Å². The van der Waals surface area contributed by atoms with Crippen LogP contribution in [-0.4, -0.2) is 8.07 Å². The van der Waals surface area contributed by atoms with Crippen LogP contribution in [-0.2, 0) is 20.8 Å². The summed E-state index contributed by atoms with van der Waals surface area (Å²) < 4.78 is 0. The molecule has 0 nitrogen and oxygen atoms in total. The second kappa shape index (κ2) is 12.9. The van der Waals surface area contributed by atoms with Crippen LogP contribution in [0.5, 0.6) is 0 Å². The van der Waals surface area contributed by atoms with Gasteiger partial charge in [0.05, 0.1) is 8.07 Å². The minimum absolute atomic E-state index is 0. The molecule has 0 bridgehead atoms. The Labute approximate surface area is 239 Å². The summed E-state index contributed by atoms with van der Waals surface area (Å²) in [4.78, 5) is 0. The Bertz CT molecular complexity index is 668. The first-order valence-corrected chi connectivity index (χ1v) is 24.3. The van der Waals surface area contributed by atoms with Gasteiger partial charge in [0.2, 0.25) is 0 Å². The molecule has 0 amide bonds. The Morgan fingerprint density at radius 3 is 1.63 bits per heavy atom. The van der Waals surface area contributed by atoms with E-state index >= 15 is 0 Å². The van der Waals surface area contributed by atoms with E-state index < -0.39 is 28.9 Å². The zero-order valence-electron chi connectivity index (χ0n) is 23.9. The van der Waals surface area contributed by atoms with Gasteiger partial charge in [-0.05, 0) is 102 Å². The fourth-order valence-corrected chi connectivity index (χ4v) is 16.8. The molecule has 0 saturated heterocycles. The van der Waals surface area contributed by atoms with Crippen LogP contribution >= 0.6 is 17.0 Å². The van der Waals surface area contributed by atoms with Crippen molar-refractivity contribution in [2.24, 2.45) is 59.2 Å². The molecule has 6 aliphatic carbocycles. The van der Waals surface area contributed by atoms with Crippen molar-refractivity contribution < 1.29 is 20.8 Å². The van der Waals surface area contributed by atoms with Gasteiger partial charge in [-0.3, -0.25) is 0 Å². The van der Waals surface area contributed by atoms with Gasteiger partial charge < -0.3 is 14.9 Å². The monoisotopic (exact) mass is 616 g/mol. The Kier molecular flexibility index (Phi) is 11.5. The van der Waals surface area contributed by atoms with Crippen LogP contribution < -0.4 is 0 Å². The number of hydrogen-bond acceptors (Lipinski definition) is 0. The summed E-state index contributed by atoms with van der Waals surface area (Å²) in [6.07, 6.45) is 21.0. The van der Waals surface area contributed by atoms with Gasteiger partial charge >= 0.3 is 37.9 Å². The average molecular weight is 619 g/mol. The van der Waals surface area contributed by atoms with E-state index in [2.05, 4.69) is 26.9 Å². The predicted octanol–water partition coefficient (Wildman–Crippen LogP) is 11.1. The Balaban J connectivity index is 0.000000653. The first-order valence-electron chi connectivity index (χ1n) is 14.8. The van der Waals surface area contributed by atoms with Crippen molar-refractivity contribution in [1.82, 2.24) is 0 Å². The van der Waals surface area contributed by atoms with Gasteiger partial charge in [-0.2, -0.15) is 0 Å². The van der Waals surface area contributed by atoms with Gasteiger partial charge in [0.25, 0.3) is 0 Å². The number of fused-ring (bicyclic) bond motifs is 4. The van der Waals surface area contributed by atoms with Gasteiger partial charge in [-0.15, -0.1) is 0 Å². The molecule has 11 atom stereocenters. The molecule has 6 aliphatic rings. The summed E-state index contributed by atoms with van der Waals surface area (Å²) in [6.45, 7) is 11.0. The Morgan fingerprint density at radius 1 is 0.600 bits per heavy atom. The molecule has 0 radical (unpaired) electrons. The first kappa shape index (κ1) is 31.2. The molecule has 11 unspecified atom stereocenters. The first-order chi connectivity index (χ1) is 15.8. The maximum absolute atomic E-state index is 4.93. The van der Waals surface area contributed by atoms with E-state index in [0.717, 1.165) is 59.2 Å². The number of rotatable bonds is 3. The van der Waals surface area contributed by atoms with E-state index in [1.54, 1.807) is 83.5 Å². The average Bonchev–Trinajstić information content (AvgIpc) is 3.54. The second-order valence-corrected chi connectivity index (χ2v) is 23.3. The molecule has 0 N–H and O–H groups in total. The molecular formula is C31H56Cl2SiZr. The van der Waals surface area contributed by atoms with E-state index in [1.807, 2.05) is 0 Å². The standard InChI is InChI=1S/C29H50Si.2CH3.2ClH.Zr/c1-18(2)24-17-29(27-16-22-10-6-9-21(22)15-26(24)27)30(3,4)28-12-11-23-13-19-7-5-8-20(19)14-25(23)28;;;;;/h18-29H,5-17H2,1-4H3;2*1H3;2*1H;/q;2*-1;;;+4/p-2. The molecule has 0 aromatic heterocycles. The van der Waals surface area contributed by atoms with Crippen molar-refractivity contribution in [3.05, 3.63) is 14.9 Å². The summed E-state index contributed by atoms with van der Waals surface area (Å²) in [6, 6.07) is 0. The summed E-state index contributed by atoms with van der Waals surface area (Å²) in [5, 5.41) is 0. The van der Waals surface area contributed by atoms with E-state index in [9.17, 15) is 0 Å². The fourth-order valence-electron chi connectivity index (χ4n) is 11.5. The van der Waals surface area contributed by atoms with Gasteiger partial charge in [-0.25, -0.2) is 0 Å². The minimum atomic E-state index is -1.23. The van der Waals surface area contributed by atoms with Crippen molar-refractivity contribution in [3.8, 4) is 0 Å². The SMILES string of the molecule is CC(C)C1CC([Si](C)(C)C2CCC3CC4CCCC4CC32)C2CC3CCCC3CC12.[CH3-].[CH3-].[Cl][Zr+2][Cl]. The molecule has 202 valence electrons. The summed E-state index contributed by atoms with van der Waals surface area (Å²) in [5.41, 5.74) is 2.35. The summed E-state index contributed by atoms with van der Waals surface area (Å²) in [5.74, 6) is 11.1. The van der Waals surface area contributed by atoms with Crippen LogP contribution in [0.25, 0.3) is 0 Å². The molecule has 6 rings (SSSR count). The van der Waals surface area contributed by atoms with Crippen LogP contribution in [0.4, 0.5) is 0 Å². The van der Waals surface area contributed by atoms with Crippen LogP contribution in [0.15, 0.2) is 0 Å². The third kappa shape index (κ3) is 5.92. The van der Waals surface area contributed by atoms with Crippen LogP contribution in [0, 0.1) is 74.0 Å². The Morgan fingerprint density at radius 2 is 1.09 bits per heavy atom. The maximum atomic E-state index is 4.93. The molecule has 0 aliphatic heterocycles. The quantitative estimate of drug-likeness (QED) is 0.218. The van der Waals surface area contributed by atoms with Crippen LogP contribution in [0.2, 0.25) is 24.2 Å². The molecule has 6 fully saturated rings.